The number of nitro groups is 1. The van der Waals surface area contributed by atoms with Crippen molar-refractivity contribution in [3.63, 3.8) is 0 Å². The molecule has 0 radical (unpaired) electrons. The van der Waals surface area contributed by atoms with Crippen molar-refractivity contribution in [2.75, 3.05) is 38.3 Å². The summed E-state index contributed by atoms with van der Waals surface area (Å²) >= 11 is 0. The zero-order valence-electron chi connectivity index (χ0n) is 14.9. The molecule has 1 aromatic rings. The molecule has 1 fully saturated rings. The Morgan fingerprint density at radius 1 is 1.37 bits per heavy atom. The van der Waals surface area contributed by atoms with Gasteiger partial charge in [0.25, 0.3) is 5.69 Å². The van der Waals surface area contributed by atoms with Crippen LogP contribution in [0.15, 0.2) is 18.2 Å². The largest absolute Gasteiger partial charge is 0.416 e. The third-order valence-corrected chi connectivity index (χ3v) is 4.53. The third-order valence-electron chi connectivity index (χ3n) is 4.53. The number of halogens is 3. The van der Waals surface area contributed by atoms with E-state index in [0.29, 0.717) is 51.6 Å². The van der Waals surface area contributed by atoms with E-state index in [4.69, 9.17) is 4.74 Å². The highest BCUT2D eigenvalue weighted by molar-refractivity contribution is 5.79. The molecular formula is C17H22F3N3O4. The number of carbonyl (C=O) groups excluding carboxylic acids is 1. The van der Waals surface area contributed by atoms with Crippen molar-refractivity contribution in [1.29, 1.82) is 0 Å². The molecule has 1 heterocycles. The first-order valence-corrected chi connectivity index (χ1v) is 8.61. The minimum atomic E-state index is -4.64. The minimum absolute atomic E-state index is 0.0762. The molecule has 2 rings (SSSR count). The topological polar surface area (TPSA) is 84.7 Å². The third kappa shape index (κ3) is 5.56. The van der Waals surface area contributed by atoms with E-state index in [9.17, 15) is 28.1 Å². The van der Waals surface area contributed by atoms with E-state index in [0.717, 1.165) is 12.1 Å². The molecule has 0 unspecified atom stereocenters. The maximum absolute atomic E-state index is 12.8. The Balaban J connectivity index is 2.01. The van der Waals surface area contributed by atoms with Crippen LogP contribution in [0, 0.1) is 16.0 Å². The van der Waals surface area contributed by atoms with Gasteiger partial charge >= 0.3 is 6.18 Å². The first kappa shape index (κ1) is 20.9. The average molecular weight is 389 g/mol. The van der Waals surface area contributed by atoms with Gasteiger partial charge in [-0.25, -0.2) is 0 Å². The highest BCUT2D eigenvalue weighted by Gasteiger charge is 2.34. The number of piperidine rings is 1. The lowest BCUT2D eigenvalue weighted by molar-refractivity contribution is -0.384. The lowest BCUT2D eigenvalue weighted by Crippen LogP contribution is -2.41. The van der Waals surface area contributed by atoms with Crippen LogP contribution in [-0.2, 0) is 15.7 Å². The van der Waals surface area contributed by atoms with Crippen molar-refractivity contribution < 1.29 is 27.6 Å². The van der Waals surface area contributed by atoms with Crippen molar-refractivity contribution in [3.05, 3.63) is 33.9 Å². The SMILES string of the molecule is COCCCNC(=O)C1CCN(c2ccc(C(F)(F)F)cc2[N+](=O)[O-])CC1. The predicted molar refractivity (Wildman–Crippen MR) is 92.5 cm³/mol. The molecular weight excluding hydrogens is 367 g/mol. The molecule has 150 valence electrons. The monoisotopic (exact) mass is 389 g/mol. The van der Waals surface area contributed by atoms with Crippen LogP contribution in [-0.4, -0.2) is 44.2 Å². The molecule has 1 aliphatic heterocycles. The summed E-state index contributed by atoms with van der Waals surface area (Å²) in [4.78, 5) is 24.2. The fourth-order valence-corrected chi connectivity index (χ4v) is 3.07. The first-order valence-electron chi connectivity index (χ1n) is 8.61. The standard InChI is InChI=1S/C17H22F3N3O4/c1-27-10-2-7-21-16(24)12-5-8-22(9-6-12)14-4-3-13(17(18,19)20)11-15(14)23(25)26/h3-4,11-12H,2,5-10H2,1H3,(H,21,24). The van der Waals surface area contributed by atoms with E-state index >= 15 is 0 Å². The van der Waals surface area contributed by atoms with Gasteiger partial charge in [0.15, 0.2) is 0 Å². The number of nitrogens with zero attached hydrogens (tertiary/aromatic N) is 2. The molecule has 1 amide bonds. The van der Waals surface area contributed by atoms with Crippen LogP contribution < -0.4 is 10.2 Å². The maximum Gasteiger partial charge on any atom is 0.416 e. The van der Waals surface area contributed by atoms with E-state index in [-0.39, 0.29) is 17.5 Å². The number of anilines is 1. The smallest absolute Gasteiger partial charge is 0.385 e. The quantitative estimate of drug-likeness (QED) is 0.440. The molecule has 1 N–H and O–H groups in total. The van der Waals surface area contributed by atoms with E-state index in [1.807, 2.05) is 0 Å². The van der Waals surface area contributed by atoms with Crippen LogP contribution in [0.5, 0.6) is 0 Å². The van der Waals surface area contributed by atoms with Crippen LogP contribution >= 0.6 is 0 Å². The van der Waals surface area contributed by atoms with E-state index < -0.39 is 22.4 Å². The van der Waals surface area contributed by atoms with Gasteiger partial charge in [0.2, 0.25) is 5.91 Å². The van der Waals surface area contributed by atoms with E-state index in [1.54, 1.807) is 12.0 Å². The molecule has 0 bridgehead atoms. The predicted octanol–water partition coefficient (Wildman–Crippen LogP) is 2.98. The van der Waals surface area contributed by atoms with Crippen LogP contribution in [0.25, 0.3) is 0 Å². The number of alkyl halides is 3. The number of rotatable bonds is 7. The van der Waals surface area contributed by atoms with Crippen LogP contribution in [0.1, 0.15) is 24.8 Å². The Morgan fingerprint density at radius 3 is 2.59 bits per heavy atom. The van der Waals surface area contributed by atoms with E-state index in [2.05, 4.69) is 5.32 Å². The van der Waals surface area contributed by atoms with Gasteiger partial charge in [0, 0.05) is 45.3 Å². The Labute approximate surface area is 154 Å². The number of nitrogens with one attached hydrogen (secondary N) is 1. The zero-order valence-corrected chi connectivity index (χ0v) is 14.9. The molecule has 27 heavy (non-hydrogen) atoms. The number of carbonyl (C=O) groups is 1. The highest BCUT2D eigenvalue weighted by atomic mass is 19.4. The van der Waals surface area contributed by atoms with Gasteiger partial charge in [-0.3, -0.25) is 14.9 Å². The number of amides is 1. The lowest BCUT2D eigenvalue weighted by atomic mass is 9.95. The zero-order chi connectivity index (χ0) is 20.0. The summed E-state index contributed by atoms with van der Waals surface area (Å²) in [6.07, 6.45) is -2.97. The van der Waals surface area contributed by atoms with Gasteiger partial charge in [-0.1, -0.05) is 0 Å². The summed E-state index contributed by atoms with van der Waals surface area (Å²) in [6.45, 7) is 1.79. The number of methoxy groups -OCH3 is 1. The molecule has 0 spiro atoms. The fourth-order valence-electron chi connectivity index (χ4n) is 3.07. The van der Waals surface area contributed by atoms with Crippen molar-refractivity contribution >= 4 is 17.3 Å². The summed E-state index contributed by atoms with van der Waals surface area (Å²) in [5, 5.41) is 14.0. The van der Waals surface area contributed by atoms with Crippen molar-refractivity contribution in [2.24, 2.45) is 5.92 Å². The number of nitro benzene ring substituents is 1. The first-order chi connectivity index (χ1) is 12.7. The molecule has 1 saturated heterocycles. The molecule has 0 saturated carbocycles. The summed E-state index contributed by atoms with van der Waals surface area (Å²) in [5.41, 5.74) is -1.48. The van der Waals surface area contributed by atoms with Crippen LogP contribution in [0.4, 0.5) is 24.5 Å². The summed E-state index contributed by atoms with van der Waals surface area (Å²) in [7, 11) is 1.58. The molecule has 0 atom stereocenters. The molecule has 10 heteroatoms. The summed E-state index contributed by atoms with van der Waals surface area (Å²) in [5.74, 6) is -0.287. The van der Waals surface area contributed by atoms with Gasteiger partial charge in [-0.15, -0.1) is 0 Å². The van der Waals surface area contributed by atoms with Crippen molar-refractivity contribution in [2.45, 2.75) is 25.4 Å². The number of benzene rings is 1. The Morgan fingerprint density at radius 2 is 2.04 bits per heavy atom. The Hall–Kier alpha value is -2.36. The fraction of sp³-hybridized carbons (Fsp3) is 0.588. The maximum atomic E-state index is 12.8. The van der Waals surface area contributed by atoms with Crippen molar-refractivity contribution in [1.82, 2.24) is 5.32 Å². The van der Waals surface area contributed by atoms with Gasteiger partial charge in [-0.05, 0) is 31.4 Å². The molecule has 1 aromatic carbocycles. The molecule has 0 aromatic heterocycles. The number of ether oxygens (including phenoxy) is 1. The second-order valence-electron chi connectivity index (χ2n) is 6.36. The van der Waals surface area contributed by atoms with Crippen LogP contribution in [0.2, 0.25) is 0 Å². The molecule has 7 nitrogen and oxygen atoms in total. The molecule has 0 aliphatic carbocycles. The van der Waals surface area contributed by atoms with Gasteiger partial charge < -0.3 is 15.0 Å². The number of hydrogen-bond donors (Lipinski definition) is 1. The normalized spacial score (nSPS) is 15.6. The summed E-state index contributed by atoms with van der Waals surface area (Å²) in [6, 6.07) is 2.53. The van der Waals surface area contributed by atoms with Gasteiger partial charge in [0.1, 0.15) is 5.69 Å². The number of hydrogen-bond acceptors (Lipinski definition) is 5. The average Bonchev–Trinajstić information content (AvgIpc) is 2.64. The molecule has 1 aliphatic rings. The van der Waals surface area contributed by atoms with Gasteiger partial charge in [-0.2, -0.15) is 13.2 Å². The summed E-state index contributed by atoms with van der Waals surface area (Å²) < 4.78 is 43.3. The van der Waals surface area contributed by atoms with Gasteiger partial charge in [0.05, 0.1) is 10.5 Å². The lowest BCUT2D eigenvalue weighted by Gasteiger charge is -2.32. The van der Waals surface area contributed by atoms with Crippen LogP contribution in [0.3, 0.4) is 0 Å². The van der Waals surface area contributed by atoms with Crippen molar-refractivity contribution in [3.8, 4) is 0 Å². The second kappa shape index (κ2) is 9.03. The minimum Gasteiger partial charge on any atom is -0.385 e. The van der Waals surface area contributed by atoms with E-state index in [1.165, 1.54) is 0 Å². The second-order valence-corrected chi connectivity index (χ2v) is 6.36. The Bertz CT molecular complexity index is 674. The Kier molecular flexibility index (Phi) is 7.00. The highest BCUT2D eigenvalue weighted by Crippen LogP contribution is 2.37.